The number of carbonyl (C=O) groups is 1. The van der Waals surface area contributed by atoms with Crippen LogP contribution in [0.3, 0.4) is 0 Å². The molecule has 1 aliphatic heterocycles. The standard InChI is InChI=1S/C21H29N5O.ClH/c1-16-6-2-3-8-18(16)26-19-9-4-7-17(19)20(24-26)21(27)23-10-5-13-25-14-11-22-12-15-25;/h2-3,6,8,22H,4-5,7,9-15H2,1H3,(H,23,27);1H. The minimum atomic E-state index is -0.0270. The van der Waals surface area contributed by atoms with Crippen LogP contribution in [-0.2, 0) is 12.8 Å². The molecule has 1 aliphatic carbocycles. The van der Waals surface area contributed by atoms with Crippen molar-refractivity contribution in [3.63, 3.8) is 0 Å². The van der Waals surface area contributed by atoms with Crippen molar-refractivity contribution >= 4 is 18.3 Å². The van der Waals surface area contributed by atoms with Crippen LogP contribution < -0.4 is 10.6 Å². The zero-order chi connectivity index (χ0) is 18.6. The van der Waals surface area contributed by atoms with Gasteiger partial charge in [-0.2, -0.15) is 5.10 Å². The zero-order valence-electron chi connectivity index (χ0n) is 16.5. The molecule has 4 rings (SSSR count). The maximum Gasteiger partial charge on any atom is 0.272 e. The number of nitrogens with zero attached hydrogens (tertiary/aromatic N) is 3. The molecule has 0 spiro atoms. The Labute approximate surface area is 173 Å². The molecule has 28 heavy (non-hydrogen) atoms. The fraction of sp³-hybridized carbons (Fsp3) is 0.524. The molecular weight excluding hydrogens is 374 g/mol. The minimum Gasteiger partial charge on any atom is -0.351 e. The van der Waals surface area contributed by atoms with E-state index in [0.717, 1.165) is 69.7 Å². The van der Waals surface area contributed by atoms with Gasteiger partial charge in [0.25, 0.3) is 5.91 Å². The summed E-state index contributed by atoms with van der Waals surface area (Å²) < 4.78 is 1.99. The summed E-state index contributed by atoms with van der Waals surface area (Å²) in [5, 5.41) is 11.2. The highest BCUT2D eigenvalue weighted by atomic mass is 35.5. The predicted octanol–water partition coefficient (Wildman–Crippen LogP) is 2.12. The topological polar surface area (TPSA) is 62.2 Å². The van der Waals surface area contributed by atoms with Crippen molar-refractivity contribution in [2.45, 2.75) is 32.6 Å². The third kappa shape index (κ3) is 4.40. The van der Waals surface area contributed by atoms with E-state index < -0.39 is 0 Å². The summed E-state index contributed by atoms with van der Waals surface area (Å²) in [7, 11) is 0. The molecule has 0 unspecified atom stereocenters. The number of fused-ring (bicyclic) bond motifs is 1. The monoisotopic (exact) mass is 403 g/mol. The van der Waals surface area contributed by atoms with Crippen LogP contribution in [0.1, 0.15) is 40.2 Å². The first-order valence-corrected chi connectivity index (χ1v) is 10.1. The second kappa shape index (κ2) is 9.54. The van der Waals surface area contributed by atoms with Gasteiger partial charge in [0.05, 0.1) is 5.69 Å². The lowest BCUT2D eigenvalue weighted by molar-refractivity contribution is 0.0945. The summed E-state index contributed by atoms with van der Waals surface area (Å²) in [6.07, 6.45) is 4.02. The Bertz CT molecular complexity index is 813. The molecule has 7 heteroatoms. The van der Waals surface area contributed by atoms with Gasteiger partial charge in [-0.05, 0) is 50.8 Å². The van der Waals surface area contributed by atoms with Gasteiger partial charge in [0, 0.05) is 44.0 Å². The number of para-hydroxylation sites is 1. The smallest absolute Gasteiger partial charge is 0.272 e. The maximum atomic E-state index is 12.8. The van der Waals surface area contributed by atoms with Crippen molar-refractivity contribution in [2.24, 2.45) is 0 Å². The molecular formula is C21H30ClN5O. The molecule has 2 N–H and O–H groups in total. The first-order valence-electron chi connectivity index (χ1n) is 10.1. The molecule has 0 bridgehead atoms. The average Bonchev–Trinajstić information content (AvgIpc) is 3.29. The second-order valence-electron chi connectivity index (χ2n) is 7.53. The van der Waals surface area contributed by atoms with E-state index in [9.17, 15) is 4.79 Å². The number of aryl methyl sites for hydroxylation is 1. The van der Waals surface area contributed by atoms with Crippen LogP contribution in [0.15, 0.2) is 24.3 Å². The summed E-state index contributed by atoms with van der Waals surface area (Å²) >= 11 is 0. The minimum absolute atomic E-state index is 0. The predicted molar refractivity (Wildman–Crippen MR) is 114 cm³/mol. The van der Waals surface area contributed by atoms with Gasteiger partial charge in [-0.25, -0.2) is 4.68 Å². The summed E-state index contributed by atoms with van der Waals surface area (Å²) in [4.78, 5) is 15.2. The van der Waals surface area contributed by atoms with Gasteiger partial charge in [0.2, 0.25) is 0 Å². The quantitative estimate of drug-likeness (QED) is 0.725. The SMILES string of the molecule is Cc1ccccc1-n1nc(C(=O)NCCCN2CCNCC2)c2c1CCC2.Cl. The summed E-state index contributed by atoms with van der Waals surface area (Å²) in [5.74, 6) is -0.0270. The molecule has 2 heterocycles. The van der Waals surface area contributed by atoms with Crippen molar-refractivity contribution in [2.75, 3.05) is 39.3 Å². The van der Waals surface area contributed by atoms with Gasteiger partial charge in [0.1, 0.15) is 0 Å². The summed E-state index contributed by atoms with van der Waals surface area (Å²) in [6, 6.07) is 8.24. The van der Waals surface area contributed by atoms with Crippen molar-refractivity contribution < 1.29 is 4.79 Å². The number of hydrogen-bond donors (Lipinski definition) is 2. The van der Waals surface area contributed by atoms with Crippen molar-refractivity contribution in [1.29, 1.82) is 0 Å². The van der Waals surface area contributed by atoms with Crippen LogP contribution in [-0.4, -0.2) is 59.9 Å². The highest BCUT2D eigenvalue weighted by molar-refractivity contribution is 5.94. The Balaban J connectivity index is 0.00000225. The van der Waals surface area contributed by atoms with E-state index in [1.807, 2.05) is 16.8 Å². The average molecular weight is 404 g/mol. The first kappa shape index (κ1) is 20.8. The van der Waals surface area contributed by atoms with E-state index in [-0.39, 0.29) is 18.3 Å². The number of halogens is 1. The molecule has 152 valence electrons. The zero-order valence-corrected chi connectivity index (χ0v) is 17.4. The van der Waals surface area contributed by atoms with Crippen molar-refractivity contribution in [3.05, 3.63) is 46.8 Å². The summed E-state index contributed by atoms with van der Waals surface area (Å²) in [6.45, 7) is 8.16. The molecule has 0 radical (unpaired) electrons. The van der Waals surface area contributed by atoms with Crippen molar-refractivity contribution in [1.82, 2.24) is 25.3 Å². The highest BCUT2D eigenvalue weighted by Gasteiger charge is 2.27. The van der Waals surface area contributed by atoms with E-state index in [1.54, 1.807) is 0 Å². The normalized spacial score (nSPS) is 16.5. The van der Waals surface area contributed by atoms with E-state index >= 15 is 0 Å². The van der Waals surface area contributed by atoms with Gasteiger partial charge in [-0.1, -0.05) is 18.2 Å². The number of amides is 1. The number of piperazine rings is 1. The van der Waals surface area contributed by atoms with Crippen LogP contribution in [0.5, 0.6) is 0 Å². The maximum absolute atomic E-state index is 12.8. The molecule has 2 aromatic rings. The molecule has 6 nitrogen and oxygen atoms in total. The molecule has 1 aromatic heterocycles. The fourth-order valence-corrected chi connectivity index (χ4v) is 4.14. The lowest BCUT2D eigenvalue weighted by Crippen LogP contribution is -2.44. The van der Waals surface area contributed by atoms with Gasteiger partial charge in [0.15, 0.2) is 5.69 Å². The lowest BCUT2D eigenvalue weighted by Gasteiger charge is -2.27. The number of carbonyl (C=O) groups excluding carboxylic acids is 1. The van der Waals surface area contributed by atoms with Gasteiger partial charge >= 0.3 is 0 Å². The van der Waals surface area contributed by atoms with E-state index in [4.69, 9.17) is 5.10 Å². The van der Waals surface area contributed by atoms with E-state index in [0.29, 0.717) is 12.2 Å². The van der Waals surface area contributed by atoms with Crippen LogP contribution >= 0.6 is 12.4 Å². The third-order valence-electron chi connectivity index (χ3n) is 5.64. The number of hydrogen-bond acceptors (Lipinski definition) is 4. The molecule has 2 aliphatic rings. The lowest BCUT2D eigenvalue weighted by atomic mass is 10.2. The molecule has 0 atom stereocenters. The number of rotatable bonds is 6. The highest BCUT2D eigenvalue weighted by Crippen LogP contribution is 2.28. The third-order valence-corrected chi connectivity index (χ3v) is 5.64. The van der Waals surface area contributed by atoms with E-state index in [1.165, 1.54) is 11.3 Å². The Morgan fingerprint density at radius 3 is 2.79 bits per heavy atom. The Kier molecular flexibility index (Phi) is 7.10. The van der Waals surface area contributed by atoms with E-state index in [2.05, 4.69) is 34.6 Å². The first-order chi connectivity index (χ1) is 13.2. The van der Waals surface area contributed by atoms with Crippen LogP contribution in [0.4, 0.5) is 0 Å². The largest absolute Gasteiger partial charge is 0.351 e. The molecule has 0 saturated carbocycles. The van der Waals surface area contributed by atoms with Crippen LogP contribution in [0.2, 0.25) is 0 Å². The number of aromatic nitrogens is 2. The Morgan fingerprint density at radius 2 is 2.00 bits per heavy atom. The second-order valence-corrected chi connectivity index (χ2v) is 7.53. The Hall–Kier alpha value is -1.89. The fourth-order valence-electron chi connectivity index (χ4n) is 4.14. The van der Waals surface area contributed by atoms with Crippen molar-refractivity contribution in [3.8, 4) is 5.69 Å². The molecule has 1 saturated heterocycles. The van der Waals surface area contributed by atoms with Crippen LogP contribution in [0.25, 0.3) is 5.69 Å². The van der Waals surface area contributed by atoms with Gasteiger partial charge in [-0.3, -0.25) is 4.79 Å². The van der Waals surface area contributed by atoms with Crippen LogP contribution in [0, 0.1) is 6.92 Å². The number of nitrogens with one attached hydrogen (secondary N) is 2. The molecule has 1 amide bonds. The number of benzene rings is 1. The Morgan fingerprint density at radius 1 is 1.21 bits per heavy atom. The molecule has 1 aromatic carbocycles. The van der Waals surface area contributed by atoms with Gasteiger partial charge < -0.3 is 15.5 Å². The summed E-state index contributed by atoms with van der Waals surface area (Å²) in [5.41, 5.74) is 5.21. The van der Waals surface area contributed by atoms with Gasteiger partial charge in [-0.15, -0.1) is 12.4 Å². The molecule has 1 fully saturated rings.